The van der Waals surface area contributed by atoms with Crippen molar-refractivity contribution in [3.8, 4) is 0 Å². The summed E-state index contributed by atoms with van der Waals surface area (Å²) in [4.78, 5) is 25.1. The monoisotopic (exact) mass is 316 g/mol. The predicted molar refractivity (Wildman–Crippen MR) is 86.3 cm³/mol. The topological polar surface area (TPSA) is 83.6 Å². The summed E-state index contributed by atoms with van der Waals surface area (Å²) >= 11 is 1.73. The van der Waals surface area contributed by atoms with E-state index in [0.29, 0.717) is 31.3 Å². The summed E-state index contributed by atoms with van der Waals surface area (Å²) in [7, 11) is 0. The number of nitrogens with zero attached hydrogens (tertiary/aromatic N) is 1. The molecule has 0 aliphatic carbocycles. The molecule has 122 valence electrons. The Labute approximate surface area is 131 Å². The SMILES string of the molecule is CC(C)C(CCN)CCC(=O)N1CCSCC1CC(=O)O. The smallest absolute Gasteiger partial charge is 0.305 e. The molecule has 1 rings (SSSR count). The molecule has 1 aliphatic rings. The van der Waals surface area contributed by atoms with Crippen LogP contribution in [0.1, 0.15) is 39.5 Å². The second-order valence-corrected chi connectivity index (χ2v) is 7.18. The van der Waals surface area contributed by atoms with Gasteiger partial charge in [-0.25, -0.2) is 0 Å². The standard InChI is InChI=1S/C15H28N2O3S/c1-11(2)12(5-6-16)3-4-14(18)17-7-8-21-10-13(17)9-15(19)20/h11-13H,3-10,16H2,1-2H3,(H,19,20). The van der Waals surface area contributed by atoms with Crippen molar-refractivity contribution >= 4 is 23.6 Å². The normalized spacial score (nSPS) is 20.6. The molecule has 1 fully saturated rings. The van der Waals surface area contributed by atoms with Gasteiger partial charge in [0.2, 0.25) is 5.91 Å². The van der Waals surface area contributed by atoms with Gasteiger partial charge in [0.05, 0.1) is 12.5 Å². The van der Waals surface area contributed by atoms with Crippen molar-refractivity contribution in [3.63, 3.8) is 0 Å². The van der Waals surface area contributed by atoms with Gasteiger partial charge in [0.15, 0.2) is 0 Å². The van der Waals surface area contributed by atoms with Gasteiger partial charge in [0.25, 0.3) is 0 Å². The Balaban J connectivity index is 2.53. The Morgan fingerprint density at radius 3 is 2.67 bits per heavy atom. The lowest BCUT2D eigenvalue weighted by atomic mass is 9.88. The summed E-state index contributed by atoms with van der Waals surface area (Å²) < 4.78 is 0. The summed E-state index contributed by atoms with van der Waals surface area (Å²) in [5.74, 6) is 1.89. The summed E-state index contributed by atoms with van der Waals surface area (Å²) in [5, 5.41) is 8.97. The molecule has 5 nitrogen and oxygen atoms in total. The number of carbonyl (C=O) groups excluding carboxylic acids is 1. The maximum atomic E-state index is 12.4. The van der Waals surface area contributed by atoms with Crippen LogP contribution in [0.2, 0.25) is 0 Å². The Bertz CT molecular complexity index is 350. The molecule has 0 aromatic heterocycles. The van der Waals surface area contributed by atoms with Gasteiger partial charge in [0, 0.05) is 24.5 Å². The van der Waals surface area contributed by atoms with Crippen LogP contribution >= 0.6 is 11.8 Å². The number of hydrogen-bond acceptors (Lipinski definition) is 4. The minimum absolute atomic E-state index is 0.0507. The molecule has 0 bridgehead atoms. The second-order valence-electron chi connectivity index (χ2n) is 6.03. The largest absolute Gasteiger partial charge is 0.481 e. The van der Waals surface area contributed by atoms with Crippen molar-refractivity contribution in [3.05, 3.63) is 0 Å². The van der Waals surface area contributed by atoms with Gasteiger partial charge in [0.1, 0.15) is 0 Å². The highest BCUT2D eigenvalue weighted by atomic mass is 32.2. The highest BCUT2D eigenvalue weighted by Crippen LogP contribution is 2.24. The van der Waals surface area contributed by atoms with E-state index in [1.807, 2.05) is 0 Å². The van der Waals surface area contributed by atoms with E-state index in [1.54, 1.807) is 16.7 Å². The molecule has 1 amide bonds. The first-order valence-electron chi connectivity index (χ1n) is 7.74. The van der Waals surface area contributed by atoms with Crippen LogP contribution in [-0.2, 0) is 9.59 Å². The molecule has 2 unspecified atom stereocenters. The zero-order valence-electron chi connectivity index (χ0n) is 13.1. The zero-order chi connectivity index (χ0) is 15.8. The quantitative estimate of drug-likeness (QED) is 0.713. The third-order valence-corrected chi connectivity index (χ3v) is 5.26. The first-order valence-corrected chi connectivity index (χ1v) is 8.90. The molecule has 21 heavy (non-hydrogen) atoms. The molecule has 3 N–H and O–H groups in total. The predicted octanol–water partition coefficient (Wildman–Crippen LogP) is 1.81. The second kappa shape index (κ2) is 9.30. The fourth-order valence-electron chi connectivity index (χ4n) is 2.83. The molecule has 1 heterocycles. The fourth-order valence-corrected chi connectivity index (χ4v) is 3.89. The lowest BCUT2D eigenvalue weighted by molar-refractivity contribution is -0.140. The van der Waals surface area contributed by atoms with Crippen molar-refractivity contribution in [2.45, 2.75) is 45.6 Å². The number of thioether (sulfide) groups is 1. The van der Waals surface area contributed by atoms with Gasteiger partial charge >= 0.3 is 5.97 Å². The lowest BCUT2D eigenvalue weighted by Gasteiger charge is -2.35. The Morgan fingerprint density at radius 1 is 1.38 bits per heavy atom. The van der Waals surface area contributed by atoms with Crippen LogP contribution in [0.4, 0.5) is 0 Å². The third kappa shape index (κ3) is 6.26. The van der Waals surface area contributed by atoms with Gasteiger partial charge in [-0.3, -0.25) is 9.59 Å². The van der Waals surface area contributed by atoms with Crippen LogP contribution in [0.3, 0.4) is 0 Å². The number of carboxylic acids is 1. The number of carbonyl (C=O) groups is 2. The molecule has 0 saturated carbocycles. The fraction of sp³-hybridized carbons (Fsp3) is 0.867. The van der Waals surface area contributed by atoms with Crippen molar-refractivity contribution in [2.75, 3.05) is 24.6 Å². The first kappa shape index (κ1) is 18.3. The summed E-state index contributed by atoms with van der Waals surface area (Å²) in [6.45, 7) is 5.65. The van der Waals surface area contributed by atoms with Crippen molar-refractivity contribution in [2.24, 2.45) is 17.6 Å². The Kier molecular flexibility index (Phi) is 8.11. The van der Waals surface area contributed by atoms with E-state index >= 15 is 0 Å². The minimum Gasteiger partial charge on any atom is -0.481 e. The number of hydrogen-bond donors (Lipinski definition) is 2. The van der Waals surface area contributed by atoms with Crippen LogP contribution in [0, 0.1) is 11.8 Å². The number of carboxylic acid groups (broad SMARTS) is 1. The molecule has 0 spiro atoms. The summed E-state index contributed by atoms with van der Waals surface area (Å²) in [6, 6.07) is -0.152. The summed E-state index contributed by atoms with van der Waals surface area (Å²) in [6.07, 6.45) is 2.34. The summed E-state index contributed by atoms with van der Waals surface area (Å²) in [5.41, 5.74) is 5.63. The van der Waals surface area contributed by atoms with Crippen molar-refractivity contribution < 1.29 is 14.7 Å². The van der Waals surface area contributed by atoms with Crippen molar-refractivity contribution in [1.82, 2.24) is 4.90 Å². The van der Waals surface area contributed by atoms with E-state index in [0.717, 1.165) is 24.3 Å². The Hall–Kier alpha value is -0.750. The molecular formula is C15H28N2O3S. The van der Waals surface area contributed by atoms with E-state index in [4.69, 9.17) is 10.8 Å². The van der Waals surface area contributed by atoms with Gasteiger partial charge in [-0.1, -0.05) is 13.8 Å². The van der Waals surface area contributed by atoms with Gasteiger partial charge < -0.3 is 15.7 Å². The van der Waals surface area contributed by atoms with E-state index in [9.17, 15) is 9.59 Å². The van der Waals surface area contributed by atoms with Gasteiger partial charge in [-0.05, 0) is 31.2 Å². The molecule has 0 aromatic rings. The third-order valence-electron chi connectivity index (χ3n) is 4.17. The van der Waals surface area contributed by atoms with Crippen LogP contribution in [-0.4, -0.2) is 52.5 Å². The van der Waals surface area contributed by atoms with Gasteiger partial charge in [-0.15, -0.1) is 0 Å². The van der Waals surface area contributed by atoms with Crippen LogP contribution in [0.25, 0.3) is 0 Å². The van der Waals surface area contributed by atoms with E-state index in [1.165, 1.54) is 0 Å². The highest BCUT2D eigenvalue weighted by Gasteiger charge is 2.29. The molecule has 6 heteroatoms. The zero-order valence-corrected chi connectivity index (χ0v) is 13.9. The van der Waals surface area contributed by atoms with Crippen molar-refractivity contribution in [1.29, 1.82) is 0 Å². The molecular weight excluding hydrogens is 288 g/mol. The number of rotatable bonds is 8. The van der Waals surface area contributed by atoms with E-state index < -0.39 is 5.97 Å². The molecule has 0 radical (unpaired) electrons. The highest BCUT2D eigenvalue weighted by molar-refractivity contribution is 7.99. The van der Waals surface area contributed by atoms with E-state index in [-0.39, 0.29) is 18.4 Å². The number of amides is 1. The van der Waals surface area contributed by atoms with Crippen LogP contribution < -0.4 is 5.73 Å². The minimum atomic E-state index is -0.830. The maximum absolute atomic E-state index is 12.4. The Morgan fingerprint density at radius 2 is 2.10 bits per heavy atom. The molecule has 2 atom stereocenters. The van der Waals surface area contributed by atoms with E-state index in [2.05, 4.69) is 13.8 Å². The van der Waals surface area contributed by atoms with Crippen LogP contribution in [0.5, 0.6) is 0 Å². The molecule has 1 aliphatic heterocycles. The average Bonchev–Trinajstić information content (AvgIpc) is 2.42. The maximum Gasteiger partial charge on any atom is 0.305 e. The first-order chi connectivity index (χ1) is 9.95. The van der Waals surface area contributed by atoms with Crippen LogP contribution in [0.15, 0.2) is 0 Å². The lowest BCUT2D eigenvalue weighted by Crippen LogP contribution is -2.47. The number of aliphatic carboxylic acids is 1. The average molecular weight is 316 g/mol. The molecule has 1 saturated heterocycles. The number of nitrogens with two attached hydrogens (primary N) is 1. The van der Waals surface area contributed by atoms with Gasteiger partial charge in [-0.2, -0.15) is 11.8 Å². The molecule has 0 aromatic carbocycles.